The van der Waals surface area contributed by atoms with E-state index >= 15 is 0 Å². The molecule has 4 rings (SSSR count). The lowest BCUT2D eigenvalue weighted by atomic mass is 9.97. The number of hydrogen-bond acceptors (Lipinski definition) is 6. The lowest BCUT2D eigenvalue weighted by molar-refractivity contribution is 0.0524. The van der Waals surface area contributed by atoms with Gasteiger partial charge in [-0.05, 0) is 47.9 Å². The SMILES string of the molecule is CCOC(=O)c1c(O)cc(-c2ccc(F)cc2)cc1-c1sc(N(C)Cc2ccccc2)nc1Cl. The predicted octanol–water partition coefficient (Wildman–Crippen LogP) is 6.79. The number of carbonyl (C=O) groups excluding carboxylic acids is 1. The Morgan fingerprint density at radius 2 is 1.82 bits per heavy atom. The van der Waals surface area contributed by atoms with E-state index < -0.39 is 5.97 Å². The number of hydrogen-bond donors (Lipinski definition) is 1. The molecule has 8 heteroatoms. The second-order valence-electron chi connectivity index (χ2n) is 7.60. The molecule has 0 bridgehead atoms. The minimum atomic E-state index is -0.663. The normalized spacial score (nSPS) is 10.8. The van der Waals surface area contributed by atoms with Crippen molar-refractivity contribution < 1.29 is 19.0 Å². The number of aromatic nitrogens is 1. The summed E-state index contributed by atoms with van der Waals surface area (Å²) in [5, 5.41) is 11.7. The van der Waals surface area contributed by atoms with Gasteiger partial charge in [-0.15, -0.1) is 0 Å². The van der Waals surface area contributed by atoms with E-state index in [1.807, 2.05) is 42.3 Å². The summed E-state index contributed by atoms with van der Waals surface area (Å²) in [4.78, 5) is 19.7. The van der Waals surface area contributed by atoms with Gasteiger partial charge in [0.05, 0.1) is 11.5 Å². The molecule has 0 unspecified atom stereocenters. The molecule has 0 amide bonds. The summed E-state index contributed by atoms with van der Waals surface area (Å²) >= 11 is 7.85. The summed E-state index contributed by atoms with van der Waals surface area (Å²) in [6.07, 6.45) is 0. The van der Waals surface area contributed by atoms with Crippen LogP contribution in [-0.2, 0) is 11.3 Å². The molecule has 1 aromatic heterocycles. The molecule has 0 aliphatic heterocycles. The van der Waals surface area contributed by atoms with Crippen LogP contribution in [0.2, 0.25) is 5.15 Å². The van der Waals surface area contributed by atoms with Gasteiger partial charge in [0, 0.05) is 19.2 Å². The summed E-state index contributed by atoms with van der Waals surface area (Å²) in [7, 11) is 1.91. The van der Waals surface area contributed by atoms with Crippen LogP contribution in [-0.4, -0.2) is 29.7 Å². The third kappa shape index (κ3) is 5.05. The van der Waals surface area contributed by atoms with Crippen molar-refractivity contribution in [2.45, 2.75) is 13.5 Å². The van der Waals surface area contributed by atoms with Crippen molar-refractivity contribution in [3.63, 3.8) is 0 Å². The number of anilines is 1. The Labute approximate surface area is 206 Å². The summed E-state index contributed by atoms with van der Waals surface area (Å²) in [5.74, 6) is -1.28. The Morgan fingerprint density at radius 1 is 1.12 bits per heavy atom. The Hall–Kier alpha value is -3.42. The number of carbonyl (C=O) groups is 1. The zero-order valence-corrected chi connectivity index (χ0v) is 20.2. The second kappa shape index (κ2) is 10.2. The lowest BCUT2D eigenvalue weighted by Gasteiger charge is -2.15. The minimum absolute atomic E-state index is 0.00974. The number of rotatable bonds is 7. The first-order chi connectivity index (χ1) is 16.4. The van der Waals surface area contributed by atoms with Crippen LogP contribution in [0.1, 0.15) is 22.8 Å². The van der Waals surface area contributed by atoms with Gasteiger partial charge in [-0.2, -0.15) is 0 Å². The van der Waals surface area contributed by atoms with E-state index in [1.165, 1.54) is 29.5 Å². The number of nitrogens with zero attached hydrogens (tertiary/aromatic N) is 2. The van der Waals surface area contributed by atoms with Gasteiger partial charge in [-0.25, -0.2) is 14.2 Å². The van der Waals surface area contributed by atoms with E-state index in [-0.39, 0.29) is 28.9 Å². The molecule has 0 aliphatic rings. The van der Waals surface area contributed by atoms with Gasteiger partial charge in [-0.3, -0.25) is 0 Å². The van der Waals surface area contributed by atoms with Crippen LogP contribution in [0.4, 0.5) is 9.52 Å². The van der Waals surface area contributed by atoms with Crippen LogP contribution in [0.5, 0.6) is 5.75 Å². The minimum Gasteiger partial charge on any atom is -0.507 e. The Balaban J connectivity index is 1.80. The highest BCUT2D eigenvalue weighted by atomic mass is 35.5. The Morgan fingerprint density at radius 3 is 2.50 bits per heavy atom. The number of benzene rings is 3. The molecule has 0 atom stereocenters. The molecule has 3 aromatic carbocycles. The zero-order chi connectivity index (χ0) is 24.2. The highest BCUT2D eigenvalue weighted by molar-refractivity contribution is 7.19. The van der Waals surface area contributed by atoms with Gasteiger partial charge in [0.1, 0.15) is 22.3 Å². The maximum atomic E-state index is 13.4. The highest BCUT2D eigenvalue weighted by Crippen LogP contribution is 2.43. The molecule has 0 fully saturated rings. The van der Waals surface area contributed by atoms with Crippen LogP contribution in [0.25, 0.3) is 21.6 Å². The van der Waals surface area contributed by atoms with Gasteiger partial charge in [0.25, 0.3) is 0 Å². The summed E-state index contributed by atoms with van der Waals surface area (Å²) in [5.41, 5.74) is 2.80. The summed E-state index contributed by atoms with van der Waals surface area (Å²) in [6.45, 7) is 2.46. The average Bonchev–Trinajstić information content (AvgIpc) is 3.21. The molecular weight excluding hydrogens is 475 g/mol. The molecule has 0 aliphatic carbocycles. The monoisotopic (exact) mass is 496 g/mol. The van der Waals surface area contributed by atoms with E-state index in [0.29, 0.717) is 33.2 Å². The molecule has 0 saturated heterocycles. The smallest absolute Gasteiger partial charge is 0.342 e. The van der Waals surface area contributed by atoms with Gasteiger partial charge in [0.15, 0.2) is 5.13 Å². The Kier molecular flexibility index (Phi) is 7.14. The topological polar surface area (TPSA) is 62.7 Å². The predicted molar refractivity (Wildman–Crippen MR) is 134 cm³/mol. The van der Waals surface area contributed by atoms with Crippen molar-refractivity contribution in [3.05, 3.63) is 88.8 Å². The van der Waals surface area contributed by atoms with Crippen LogP contribution < -0.4 is 4.90 Å². The number of thiazole rings is 1. The van der Waals surface area contributed by atoms with Gasteiger partial charge >= 0.3 is 5.97 Å². The summed E-state index contributed by atoms with van der Waals surface area (Å²) in [6, 6.07) is 19.0. The fraction of sp³-hybridized carbons (Fsp3) is 0.154. The standard InChI is InChI=1S/C26H22ClFN2O3S/c1-3-33-25(32)22-20(13-18(14-21(22)31)17-9-11-19(28)12-10-17)23-24(27)29-26(34-23)30(2)15-16-7-5-4-6-8-16/h4-14,31H,3,15H2,1-2H3. The average molecular weight is 497 g/mol. The number of esters is 1. The molecule has 0 saturated carbocycles. The van der Waals surface area contributed by atoms with Crippen LogP contribution in [0.15, 0.2) is 66.7 Å². The van der Waals surface area contributed by atoms with Gasteiger partial charge in [-0.1, -0.05) is 65.4 Å². The first-order valence-electron chi connectivity index (χ1n) is 10.6. The largest absolute Gasteiger partial charge is 0.507 e. The van der Waals surface area contributed by atoms with Crippen molar-refractivity contribution in [1.82, 2.24) is 4.98 Å². The van der Waals surface area contributed by atoms with E-state index in [2.05, 4.69) is 4.98 Å². The second-order valence-corrected chi connectivity index (χ2v) is 8.94. The van der Waals surface area contributed by atoms with Crippen LogP contribution >= 0.6 is 22.9 Å². The molecule has 34 heavy (non-hydrogen) atoms. The molecule has 0 radical (unpaired) electrons. The zero-order valence-electron chi connectivity index (χ0n) is 18.6. The fourth-order valence-corrected chi connectivity index (χ4v) is 4.87. The number of phenols is 1. The molecule has 1 heterocycles. The van der Waals surface area contributed by atoms with Crippen molar-refractivity contribution in [1.29, 1.82) is 0 Å². The number of ether oxygens (including phenoxy) is 1. The first kappa shape index (κ1) is 23.7. The van der Waals surface area contributed by atoms with E-state index in [0.717, 1.165) is 5.56 Å². The van der Waals surface area contributed by atoms with Gasteiger partial charge < -0.3 is 14.7 Å². The highest BCUT2D eigenvalue weighted by Gasteiger charge is 2.25. The number of halogens is 2. The van der Waals surface area contributed by atoms with Crippen LogP contribution in [0.3, 0.4) is 0 Å². The maximum Gasteiger partial charge on any atom is 0.342 e. The van der Waals surface area contributed by atoms with Crippen molar-refractivity contribution in [2.75, 3.05) is 18.6 Å². The van der Waals surface area contributed by atoms with Crippen molar-refractivity contribution >= 4 is 34.0 Å². The quantitative estimate of drug-likeness (QED) is 0.285. The number of phenolic OH excluding ortho intramolecular Hbond substituents is 1. The number of aromatic hydroxyl groups is 1. The fourth-order valence-electron chi connectivity index (χ4n) is 3.58. The summed E-state index contributed by atoms with van der Waals surface area (Å²) < 4.78 is 18.6. The van der Waals surface area contributed by atoms with Crippen molar-refractivity contribution in [3.8, 4) is 27.3 Å². The van der Waals surface area contributed by atoms with Gasteiger partial charge in [0.2, 0.25) is 0 Å². The first-order valence-corrected chi connectivity index (χ1v) is 11.8. The molecule has 5 nitrogen and oxygen atoms in total. The molecule has 4 aromatic rings. The third-order valence-corrected chi connectivity index (χ3v) is 6.77. The van der Waals surface area contributed by atoms with E-state index in [9.17, 15) is 14.3 Å². The van der Waals surface area contributed by atoms with E-state index in [4.69, 9.17) is 16.3 Å². The van der Waals surface area contributed by atoms with E-state index in [1.54, 1.807) is 25.1 Å². The Bertz CT molecular complexity index is 1310. The molecule has 1 N–H and O–H groups in total. The van der Waals surface area contributed by atoms with Crippen LogP contribution in [0, 0.1) is 5.82 Å². The van der Waals surface area contributed by atoms with Crippen molar-refractivity contribution in [2.24, 2.45) is 0 Å². The maximum absolute atomic E-state index is 13.4. The molecule has 0 spiro atoms. The third-order valence-electron chi connectivity index (χ3n) is 5.18. The molecule has 174 valence electrons. The lowest BCUT2D eigenvalue weighted by Crippen LogP contribution is -2.15. The molecular formula is C26H22ClFN2O3S.